The summed E-state index contributed by atoms with van der Waals surface area (Å²) in [5.41, 5.74) is 2.51. The van der Waals surface area contributed by atoms with Crippen molar-refractivity contribution in [2.24, 2.45) is 0 Å². The van der Waals surface area contributed by atoms with E-state index in [0.29, 0.717) is 22.7 Å². The van der Waals surface area contributed by atoms with Gasteiger partial charge in [-0.2, -0.15) is 5.48 Å². The predicted molar refractivity (Wildman–Crippen MR) is 163 cm³/mol. The largest absolute Gasteiger partial charge is 0.478 e. The summed E-state index contributed by atoms with van der Waals surface area (Å²) >= 11 is 0. The molecule has 14 nitrogen and oxygen atoms in total. The standard InChI is InChI=1S/C33H28N2O12/c1-44-32(41)19-5-13-24(30(37)38)26(15-19)28(35-43)18-3-9-22(10-4-18)46-17-47-23-11-7-21(8-12-23)34-29(36)27-16-20(33(42)45-2)6-14-25(27)31(39)40/h3-16,28,35,43H,17H2,1-2H3,(H,34,36)(H,37,38)(H,39,40). The summed E-state index contributed by atoms with van der Waals surface area (Å²) in [5.74, 6) is -3.95. The molecule has 0 heterocycles. The molecule has 0 saturated heterocycles. The number of carbonyl (C=O) groups excluding carboxylic acids is 3. The fourth-order valence-corrected chi connectivity index (χ4v) is 4.48. The van der Waals surface area contributed by atoms with E-state index < -0.39 is 35.8 Å². The third-order valence-corrected chi connectivity index (χ3v) is 6.84. The van der Waals surface area contributed by atoms with Crippen LogP contribution >= 0.6 is 0 Å². The zero-order valence-electron chi connectivity index (χ0n) is 24.9. The van der Waals surface area contributed by atoms with Gasteiger partial charge in [0.25, 0.3) is 5.91 Å². The van der Waals surface area contributed by atoms with Gasteiger partial charge in [-0.15, -0.1) is 0 Å². The molecule has 0 saturated carbocycles. The number of rotatable bonds is 13. The van der Waals surface area contributed by atoms with Crippen molar-refractivity contribution in [3.8, 4) is 11.5 Å². The lowest BCUT2D eigenvalue weighted by atomic mass is 9.93. The molecule has 242 valence electrons. The number of nitrogens with one attached hydrogen (secondary N) is 2. The summed E-state index contributed by atoms with van der Waals surface area (Å²) in [5, 5.41) is 31.6. The summed E-state index contributed by atoms with van der Waals surface area (Å²) < 4.78 is 20.6. The molecule has 0 spiro atoms. The first-order valence-electron chi connectivity index (χ1n) is 13.6. The van der Waals surface area contributed by atoms with Crippen molar-refractivity contribution in [2.45, 2.75) is 6.04 Å². The van der Waals surface area contributed by atoms with Crippen LogP contribution in [0.4, 0.5) is 5.69 Å². The molecular weight excluding hydrogens is 616 g/mol. The second-order valence-electron chi connectivity index (χ2n) is 9.67. The van der Waals surface area contributed by atoms with Gasteiger partial charge in [-0.1, -0.05) is 12.1 Å². The molecule has 0 aliphatic rings. The molecule has 0 bridgehead atoms. The molecular formula is C33H28N2O12. The quantitative estimate of drug-likeness (QED) is 0.0778. The van der Waals surface area contributed by atoms with E-state index in [-0.39, 0.29) is 40.2 Å². The van der Waals surface area contributed by atoms with Gasteiger partial charge in [-0.25, -0.2) is 19.2 Å². The van der Waals surface area contributed by atoms with Crippen LogP contribution in [0.1, 0.15) is 69.0 Å². The van der Waals surface area contributed by atoms with Gasteiger partial charge in [-0.3, -0.25) is 4.79 Å². The summed E-state index contributed by atoms with van der Waals surface area (Å²) in [6, 6.07) is 18.9. The van der Waals surface area contributed by atoms with Crippen LogP contribution in [0.2, 0.25) is 0 Å². The highest BCUT2D eigenvalue weighted by Gasteiger charge is 2.23. The number of benzene rings is 4. The Morgan fingerprint density at radius 1 is 0.660 bits per heavy atom. The summed E-state index contributed by atoms with van der Waals surface area (Å²) in [7, 11) is 2.36. The summed E-state index contributed by atoms with van der Waals surface area (Å²) in [6.45, 7) is -0.209. The van der Waals surface area contributed by atoms with Crippen molar-refractivity contribution in [3.63, 3.8) is 0 Å². The van der Waals surface area contributed by atoms with Gasteiger partial charge in [0.1, 0.15) is 11.5 Å². The molecule has 0 aliphatic carbocycles. The van der Waals surface area contributed by atoms with Crippen LogP contribution in [0.3, 0.4) is 0 Å². The molecule has 0 radical (unpaired) electrons. The minimum atomic E-state index is -1.34. The third kappa shape index (κ3) is 8.08. The van der Waals surface area contributed by atoms with E-state index in [2.05, 4.69) is 15.5 Å². The van der Waals surface area contributed by atoms with Crippen LogP contribution in [-0.4, -0.2) is 66.2 Å². The Labute approximate surface area is 267 Å². The van der Waals surface area contributed by atoms with Crippen molar-refractivity contribution >= 4 is 35.5 Å². The highest BCUT2D eigenvalue weighted by atomic mass is 16.7. The maximum atomic E-state index is 12.8. The van der Waals surface area contributed by atoms with Gasteiger partial charge in [-0.05, 0) is 83.9 Å². The number of aromatic carboxylic acids is 2. The van der Waals surface area contributed by atoms with Gasteiger partial charge in [0.05, 0.1) is 48.1 Å². The number of esters is 2. The number of ether oxygens (including phenoxy) is 4. The number of carbonyl (C=O) groups is 5. The third-order valence-electron chi connectivity index (χ3n) is 6.84. The Morgan fingerprint density at radius 2 is 1.17 bits per heavy atom. The Balaban J connectivity index is 1.38. The molecule has 0 aliphatic heterocycles. The Kier molecular flexibility index (Phi) is 10.8. The first-order valence-corrected chi connectivity index (χ1v) is 13.6. The topological polar surface area (TPSA) is 207 Å². The number of hydrogen-bond donors (Lipinski definition) is 5. The van der Waals surface area contributed by atoms with E-state index in [0.717, 1.165) is 12.1 Å². The number of methoxy groups -OCH3 is 2. The van der Waals surface area contributed by atoms with Crippen LogP contribution in [0.25, 0.3) is 0 Å². The van der Waals surface area contributed by atoms with E-state index in [9.17, 15) is 39.4 Å². The van der Waals surface area contributed by atoms with E-state index in [4.69, 9.17) is 14.2 Å². The smallest absolute Gasteiger partial charge is 0.337 e. The average molecular weight is 645 g/mol. The molecule has 1 unspecified atom stereocenters. The SMILES string of the molecule is COC(=O)c1ccc(C(=O)O)c(C(=O)Nc2ccc(OCOc3ccc(C(NO)c4cc(C(=O)OC)ccc4C(=O)O)cc3)cc2)c1. The second kappa shape index (κ2) is 15.2. The molecule has 0 fully saturated rings. The van der Waals surface area contributed by atoms with Gasteiger partial charge < -0.3 is 39.7 Å². The normalized spacial score (nSPS) is 11.1. The number of carboxylic acid groups (broad SMARTS) is 2. The fraction of sp³-hybridized carbons (Fsp3) is 0.121. The van der Waals surface area contributed by atoms with E-state index in [1.807, 2.05) is 0 Å². The average Bonchev–Trinajstić information content (AvgIpc) is 3.08. The van der Waals surface area contributed by atoms with E-state index in [1.165, 1.54) is 50.6 Å². The Bertz CT molecular complexity index is 1800. The van der Waals surface area contributed by atoms with Crippen molar-refractivity contribution in [3.05, 3.63) is 124 Å². The molecule has 4 aromatic carbocycles. The Morgan fingerprint density at radius 3 is 1.68 bits per heavy atom. The second-order valence-corrected chi connectivity index (χ2v) is 9.67. The van der Waals surface area contributed by atoms with Crippen LogP contribution in [0.15, 0.2) is 84.9 Å². The van der Waals surface area contributed by atoms with Gasteiger partial charge >= 0.3 is 23.9 Å². The minimum Gasteiger partial charge on any atom is -0.478 e. The molecule has 0 aromatic heterocycles. The zero-order valence-corrected chi connectivity index (χ0v) is 24.9. The highest BCUT2D eigenvalue weighted by Crippen LogP contribution is 2.28. The lowest BCUT2D eigenvalue weighted by Crippen LogP contribution is -2.22. The number of anilines is 1. The van der Waals surface area contributed by atoms with Crippen molar-refractivity contribution in [1.82, 2.24) is 5.48 Å². The van der Waals surface area contributed by atoms with Crippen molar-refractivity contribution in [2.75, 3.05) is 26.3 Å². The van der Waals surface area contributed by atoms with Crippen LogP contribution in [0, 0.1) is 0 Å². The van der Waals surface area contributed by atoms with Crippen LogP contribution in [0.5, 0.6) is 11.5 Å². The monoisotopic (exact) mass is 644 g/mol. The summed E-state index contributed by atoms with van der Waals surface area (Å²) in [4.78, 5) is 60.1. The van der Waals surface area contributed by atoms with Gasteiger partial charge in [0.15, 0.2) is 0 Å². The van der Waals surface area contributed by atoms with Crippen LogP contribution in [-0.2, 0) is 9.47 Å². The molecule has 14 heteroatoms. The minimum absolute atomic E-state index is 0.0173. The summed E-state index contributed by atoms with van der Waals surface area (Å²) in [6.07, 6.45) is 0. The first-order chi connectivity index (χ1) is 22.6. The molecule has 4 rings (SSSR count). The molecule has 1 atom stereocenters. The molecule has 1 amide bonds. The van der Waals surface area contributed by atoms with Gasteiger partial charge in [0, 0.05) is 5.69 Å². The number of hydrogen-bond acceptors (Lipinski definition) is 11. The number of hydroxylamine groups is 1. The maximum Gasteiger partial charge on any atom is 0.337 e. The van der Waals surface area contributed by atoms with Crippen molar-refractivity contribution < 1.29 is 58.3 Å². The lowest BCUT2D eigenvalue weighted by molar-refractivity contribution is 0.0591. The predicted octanol–water partition coefficient (Wildman–Crippen LogP) is 4.39. The zero-order chi connectivity index (χ0) is 34.1. The lowest BCUT2D eigenvalue weighted by Gasteiger charge is -2.19. The van der Waals surface area contributed by atoms with Gasteiger partial charge in [0.2, 0.25) is 6.79 Å². The van der Waals surface area contributed by atoms with Crippen LogP contribution < -0.4 is 20.3 Å². The Hall–Kier alpha value is -6.25. The number of amides is 1. The van der Waals surface area contributed by atoms with Crippen molar-refractivity contribution in [1.29, 1.82) is 0 Å². The first kappa shape index (κ1) is 33.6. The fourth-order valence-electron chi connectivity index (χ4n) is 4.48. The van der Waals surface area contributed by atoms with E-state index in [1.54, 1.807) is 36.4 Å². The number of carboxylic acids is 2. The molecule has 4 aromatic rings. The molecule has 47 heavy (non-hydrogen) atoms. The highest BCUT2D eigenvalue weighted by molar-refractivity contribution is 6.11. The maximum absolute atomic E-state index is 12.8. The van der Waals surface area contributed by atoms with E-state index >= 15 is 0 Å². The molecule has 5 N–H and O–H groups in total.